The minimum atomic E-state index is 0.218. The van der Waals surface area contributed by atoms with Gasteiger partial charge in [0.15, 0.2) is 0 Å². The van der Waals surface area contributed by atoms with E-state index in [0.29, 0.717) is 6.04 Å². The molecule has 0 amide bonds. The van der Waals surface area contributed by atoms with E-state index in [2.05, 4.69) is 18.8 Å². The van der Waals surface area contributed by atoms with Gasteiger partial charge in [-0.1, -0.05) is 25.1 Å². The molecule has 2 atom stereocenters. The molecule has 0 saturated heterocycles. The minimum absolute atomic E-state index is 0.218. The summed E-state index contributed by atoms with van der Waals surface area (Å²) in [5.74, 6) is 0.796. The number of hydrogen-bond acceptors (Lipinski definition) is 2. The smallest absolute Gasteiger partial charge is 0.216 e. The molecule has 0 spiro atoms. The fourth-order valence-electron chi connectivity index (χ4n) is 1.69. The first-order valence-corrected chi connectivity index (χ1v) is 5.11. The van der Waals surface area contributed by atoms with Crippen LogP contribution < -0.4 is 0 Å². The standard InChI is InChI=1S/C12H15NO/c1-3-11-9(2)14-12(13-11)10-7-5-4-6-8-10/h4-9,11H,3H2,1-2H3. The second-order valence-electron chi connectivity index (χ2n) is 3.60. The van der Waals surface area contributed by atoms with Crippen LogP contribution in [0.2, 0.25) is 0 Å². The summed E-state index contributed by atoms with van der Waals surface area (Å²) >= 11 is 0. The van der Waals surface area contributed by atoms with Gasteiger partial charge in [0.1, 0.15) is 6.10 Å². The van der Waals surface area contributed by atoms with Crippen LogP contribution in [0.5, 0.6) is 0 Å². The van der Waals surface area contributed by atoms with Gasteiger partial charge in [0, 0.05) is 5.56 Å². The van der Waals surface area contributed by atoms with E-state index in [4.69, 9.17) is 4.74 Å². The van der Waals surface area contributed by atoms with E-state index < -0.39 is 0 Å². The number of rotatable bonds is 2. The molecule has 2 unspecified atom stereocenters. The van der Waals surface area contributed by atoms with E-state index in [9.17, 15) is 0 Å². The normalized spacial score (nSPS) is 25.7. The Hall–Kier alpha value is -1.31. The molecule has 1 aromatic carbocycles. The van der Waals surface area contributed by atoms with Gasteiger partial charge in [-0.25, -0.2) is 4.99 Å². The van der Waals surface area contributed by atoms with Crippen LogP contribution in [0.15, 0.2) is 35.3 Å². The highest BCUT2D eigenvalue weighted by Gasteiger charge is 2.25. The van der Waals surface area contributed by atoms with Crippen LogP contribution in [0.25, 0.3) is 0 Å². The highest BCUT2D eigenvalue weighted by Crippen LogP contribution is 2.19. The fourth-order valence-corrected chi connectivity index (χ4v) is 1.69. The average Bonchev–Trinajstić information content (AvgIpc) is 2.61. The van der Waals surface area contributed by atoms with Gasteiger partial charge in [-0.05, 0) is 25.5 Å². The molecular weight excluding hydrogens is 174 g/mol. The van der Waals surface area contributed by atoms with E-state index in [1.54, 1.807) is 0 Å². The number of aliphatic imine (C=N–C) groups is 1. The zero-order chi connectivity index (χ0) is 9.97. The van der Waals surface area contributed by atoms with Gasteiger partial charge in [0.2, 0.25) is 5.90 Å². The maximum absolute atomic E-state index is 5.70. The molecule has 2 rings (SSSR count). The minimum Gasteiger partial charge on any atom is -0.472 e. The van der Waals surface area contributed by atoms with Crippen LogP contribution in [0.1, 0.15) is 25.8 Å². The number of nitrogens with zero attached hydrogens (tertiary/aromatic N) is 1. The summed E-state index contributed by atoms with van der Waals surface area (Å²) in [6, 6.07) is 10.4. The van der Waals surface area contributed by atoms with Crippen molar-refractivity contribution in [3.8, 4) is 0 Å². The van der Waals surface area contributed by atoms with Crippen molar-refractivity contribution in [1.82, 2.24) is 0 Å². The molecule has 1 aromatic rings. The van der Waals surface area contributed by atoms with Gasteiger partial charge in [-0.3, -0.25) is 0 Å². The van der Waals surface area contributed by atoms with Crippen molar-refractivity contribution < 1.29 is 4.74 Å². The van der Waals surface area contributed by atoms with Crippen LogP contribution in [0.3, 0.4) is 0 Å². The molecule has 0 fully saturated rings. The van der Waals surface area contributed by atoms with Gasteiger partial charge in [-0.2, -0.15) is 0 Å². The van der Waals surface area contributed by atoms with Crippen LogP contribution in [-0.2, 0) is 4.74 Å². The Balaban J connectivity index is 2.22. The Labute approximate surface area is 84.6 Å². The van der Waals surface area contributed by atoms with E-state index in [1.807, 2.05) is 30.3 Å². The summed E-state index contributed by atoms with van der Waals surface area (Å²) in [6.45, 7) is 4.22. The molecule has 74 valence electrons. The lowest BCUT2D eigenvalue weighted by Gasteiger charge is -2.09. The second-order valence-corrected chi connectivity index (χ2v) is 3.60. The summed E-state index contributed by atoms with van der Waals surface area (Å²) in [6.07, 6.45) is 1.26. The van der Waals surface area contributed by atoms with Crippen LogP contribution in [-0.4, -0.2) is 18.0 Å². The fraction of sp³-hybridized carbons (Fsp3) is 0.417. The Bertz CT molecular complexity index is 331. The largest absolute Gasteiger partial charge is 0.472 e. The quantitative estimate of drug-likeness (QED) is 0.700. The maximum Gasteiger partial charge on any atom is 0.216 e. The molecule has 1 heterocycles. The number of benzene rings is 1. The van der Waals surface area contributed by atoms with E-state index >= 15 is 0 Å². The van der Waals surface area contributed by atoms with Gasteiger partial charge < -0.3 is 4.74 Å². The lowest BCUT2D eigenvalue weighted by Crippen LogP contribution is -2.17. The zero-order valence-electron chi connectivity index (χ0n) is 8.60. The van der Waals surface area contributed by atoms with Crippen molar-refractivity contribution in [2.45, 2.75) is 32.4 Å². The monoisotopic (exact) mass is 189 g/mol. The second kappa shape index (κ2) is 3.82. The third-order valence-corrected chi connectivity index (χ3v) is 2.56. The van der Waals surface area contributed by atoms with Crippen molar-refractivity contribution in [1.29, 1.82) is 0 Å². The van der Waals surface area contributed by atoms with Crippen molar-refractivity contribution in [3.63, 3.8) is 0 Å². The first kappa shape index (κ1) is 9.25. The van der Waals surface area contributed by atoms with E-state index in [1.165, 1.54) is 0 Å². The van der Waals surface area contributed by atoms with Crippen LogP contribution in [0, 0.1) is 0 Å². The highest BCUT2D eigenvalue weighted by molar-refractivity contribution is 5.95. The molecule has 0 N–H and O–H groups in total. The molecule has 14 heavy (non-hydrogen) atoms. The Morgan fingerprint density at radius 2 is 2.00 bits per heavy atom. The Morgan fingerprint density at radius 3 is 2.57 bits per heavy atom. The topological polar surface area (TPSA) is 21.6 Å². The zero-order valence-corrected chi connectivity index (χ0v) is 8.60. The SMILES string of the molecule is CCC1N=C(c2ccccc2)OC1C. The molecule has 0 aliphatic carbocycles. The van der Waals surface area contributed by atoms with Crippen LogP contribution >= 0.6 is 0 Å². The van der Waals surface area contributed by atoms with Gasteiger partial charge in [0.05, 0.1) is 6.04 Å². The van der Waals surface area contributed by atoms with Gasteiger partial charge in [-0.15, -0.1) is 0 Å². The molecule has 1 aliphatic heterocycles. The number of hydrogen-bond donors (Lipinski definition) is 0. The Morgan fingerprint density at radius 1 is 1.29 bits per heavy atom. The number of ether oxygens (including phenoxy) is 1. The molecule has 0 aromatic heterocycles. The lowest BCUT2D eigenvalue weighted by molar-refractivity contribution is 0.211. The lowest BCUT2D eigenvalue weighted by atomic mass is 10.1. The predicted octanol–water partition coefficient (Wildman–Crippen LogP) is 2.63. The summed E-state index contributed by atoms with van der Waals surface area (Å²) in [5, 5.41) is 0. The summed E-state index contributed by atoms with van der Waals surface area (Å²) in [4.78, 5) is 4.55. The molecule has 2 nitrogen and oxygen atoms in total. The molecule has 0 saturated carbocycles. The molecule has 2 heteroatoms. The van der Waals surface area contributed by atoms with Crippen molar-refractivity contribution in [3.05, 3.63) is 35.9 Å². The third-order valence-electron chi connectivity index (χ3n) is 2.56. The predicted molar refractivity (Wildman–Crippen MR) is 57.6 cm³/mol. The first-order chi connectivity index (χ1) is 6.81. The van der Waals surface area contributed by atoms with Crippen molar-refractivity contribution >= 4 is 5.90 Å². The molecule has 1 aliphatic rings. The van der Waals surface area contributed by atoms with Gasteiger partial charge in [0.25, 0.3) is 0 Å². The van der Waals surface area contributed by atoms with Crippen molar-refractivity contribution in [2.24, 2.45) is 4.99 Å². The van der Waals surface area contributed by atoms with Crippen LogP contribution in [0.4, 0.5) is 0 Å². The third kappa shape index (κ3) is 1.65. The van der Waals surface area contributed by atoms with Crippen molar-refractivity contribution in [2.75, 3.05) is 0 Å². The summed E-state index contributed by atoms with van der Waals surface area (Å²) < 4.78 is 5.70. The van der Waals surface area contributed by atoms with E-state index in [0.717, 1.165) is 17.9 Å². The van der Waals surface area contributed by atoms with E-state index in [-0.39, 0.29) is 6.10 Å². The maximum atomic E-state index is 5.70. The molecular formula is C12H15NO. The van der Waals surface area contributed by atoms with Gasteiger partial charge >= 0.3 is 0 Å². The molecule has 0 radical (unpaired) electrons. The summed E-state index contributed by atoms with van der Waals surface area (Å²) in [7, 11) is 0. The summed E-state index contributed by atoms with van der Waals surface area (Å²) in [5.41, 5.74) is 1.08. The Kier molecular flexibility index (Phi) is 2.53. The highest BCUT2D eigenvalue weighted by atomic mass is 16.5. The first-order valence-electron chi connectivity index (χ1n) is 5.11. The average molecular weight is 189 g/mol. The molecule has 0 bridgehead atoms.